The van der Waals surface area contributed by atoms with Gasteiger partial charge in [0.2, 0.25) is 11.0 Å². The fraction of sp³-hybridized carbons (Fsp3) is 0.812. The first-order valence-corrected chi connectivity index (χ1v) is 10.6. The first-order chi connectivity index (χ1) is 11.6. The van der Waals surface area contributed by atoms with Gasteiger partial charge in [0.25, 0.3) is 0 Å². The van der Waals surface area contributed by atoms with E-state index in [1.54, 1.807) is 0 Å². The second-order valence-corrected chi connectivity index (χ2v) is 9.25. The van der Waals surface area contributed by atoms with E-state index in [2.05, 4.69) is 39.6 Å². The Kier molecular flexibility index (Phi) is 6.35. The van der Waals surface area contributed by atoms with Crippen LogP contribution in [0.15, 0.2) is 4.34 Å². The maximum absolute atomic E-state index is 12.1. The van der Waals surface area contributed by atoms with Gasteiger partial charge >= 0.3 is 0 Å². The van der Waals surface area contributed by atoms with E-state index in [0.717, 1.165) is 48.0 Å². The lowest BCUT2D eigenvalue weighted by Crippen LogP contribution is -2.45. The zero-order chi connectivity index (χ0) is 16.9. The van der Waals surface area contributed by atoms with Crippen LogP contribution < -0.4 is 10.6 Å². The Labute approximate surface area is 152 Å². The molecule has 0 aromatic carbocycles. The minimum atomic E-state index is 0.108. The van der Waals surface area contributed by atoms with Crippen LogP contribution in [0.3, 0.4) is 0 Å². The number of amides is 1. The third kappa shape index (κ3) is 5.60. The number of thioether (sulfide) groups is 1. The van der Waals surface area contributed by atoms with E-state index in [-0.39, 0.29) is 5.91 Å². The number of nitrogens with one attached hydrogen (secondary N) is 2. The summed E-state index contributed by atoms with van der Waals surface area (Å²) in [4.78, 5) is 14.7. The Morgan fingerprint density at radius 1 is 1.29 bits per heavy atom. The Morgan fingerprint density at radius 2 is 2.04 bits per heavy atom. The fourth-order valence-electron chi connectivity index (χ4n) is 2.88. The number of piperidine rings is 1. The number of likely N-dealkylation sites (tertiary alicyclic amines) is 1. The number of hydrogen-bond donors (Lipinski definition) is 2. The Balaban J connectivity index is 1.33. The van der Waals surface area contributed by atoms with Gasteiger partial charge in [0.05, 0.1) is 5.75 Å². The lowest BCUT2D eigenvalue weighted by molar-refractivity contribution is -0.119. The Morgan fingerprint density at radius 3 is 2.71 bits per heavy atom. The Hall–Kier alpha value is -0.860. The summed E-state index contributed by atoms with van der Waals surface area (Å²) >= 11 is 2.99. The van der Waals surface area contributed by atoms with Crippen LogP contribution in [0.4, 0.5) is 5.13 Å². The zero-order valence-electron chi connectivity index (χ0n) is 14.5. The number of rotatable bonds is 8. The summed E-state index contributed by atoms with van der Waals surface area (Å²) in [5.41, 5.74) is 0. The van der Waals surface area contributed by atoms with Gasteiger partial charge in [0, 0.05) is 31.7 Å². The van der Waals surface area contributed by atoms with Gasteiger partial charge < -0.3 is 15.5 Å². The van der Waals surface area contributed by atoms with Crippen LogP contribution in [0.5, 0.6) is 0 Å². The molecule has 134 valence electrons. The van der Waals surface area contributed by atoms with Crippen LogP contribution in [0, 0.1) is 5.92 Å². The minimum Gasteiger partial charge on any atom is -0.360 e. The molecule has 0 radical (unpaired) electrons. The maximum Gasteiger partial charge on any atom is 0.230 e. The molecule has 0 atom stereocenters. The number of aromatic nitrogens is 2. The van der Waals surface area contributed by atoms with E-state index in [4.69, 9.17) is 0 Å². The van der Waals surface area contributed by atoms with Crippen molar-refractivity contribution in [3.63, 3.8) is 0 Å². The third-order valence-electron chi connectivity index (χ3n) is 4.35. The molecule has 0 bridgehead atoms. The van der Waals surface area contributed by atoms with E-state index in [1.807, 2.05) is 0 Å². The molecule has 1 aromatic rings. The van der Waals surface area contributed by atoms with Crippen molar-refractivity contribution in [1.82, 2.24) is 20.4 Å². The van der Waals surface area contributed by atoms with Gasteiger partial charge in [-0.05, 0) is 31.6 Å². The van der Waals surface area contributed by atoms with E-state index in [1.165, 1.54) is 35.9 Å². The summed E-state index contributed by atoms with van der Waals surface area (Å²) in [6.45, 7) is 7.46. The van der Waals surface area contributed by atoms with E-state index in [0.29, 0.717) is 17.7 Å². The molecule has 2 fully saturated rings. The van der Waals surface area contributed by atoms with E-state index < -0.39 is 0 Å². The van der Waals surface area contributed by atoms with Gasteiger partial charge in [-0.15, -0.1) is 10.2 Å². The number of nitrogens with zero attached hydrogens (tertiary/aromatic N) is 3. The van der Waals surface area contributed by atoms with Crippen molar-refractivity contribution in [1.29, 1.82) is 0 Å². The monoisotopic (exact) mass is 369 g/mol. The molecule has 2 aliphatic rings. The molecule has 8 heteroatoms. The largest absolute Gasteiger partial charge is 0.360 e. The zero-order valence-corrected chi connectivity index (χ0v) is 16.1. The van der Waals surface area contributed by atoms with Gasteiger partial charge in [-0.3, -0.25) is 4.79 Å². The van der Waals surface area contributed by atoms with Crippen LogP contribution >= 0.6 is 23.1 Å². The molecule has 3 rings (SSSR count). The number of carbonyl (C=O) groups is 1. The summed E-state index contributed by atoms with van der Waals surface area (Å²) in [7, 11) is 0. The van der Waals surface area contributed by atoms with Crippen LogP contribution in [0.2, 0.25) is 0 Å². The highest BCUT2D eigenvalue weighted by Gasteiger charge is 2.32. The van der Waals surface area contributed by atoms with Gasteiger partial charge in [-0.25, -0.2) is 0 Å². The fourth-order valence-corrected chi connectivity index (χ4v) is 4.45. The first-order valence-electron chi connectivity index (χ1n) is 8.83. The summed E-state index contributed by atoms with van der Waals surface area (Å²) in [5.74, 6) is 1.10. The van der Waals surface area contributed by atoms with Crippen molar-refractivity contribution < 1.29 is 4.79 Å². The molecule has 1 saturated heterocycles. The average Bonchev–Trinajstić information content (AvgIpc) is 3.31. The third-order valence-corrected chi connectivity index (χ3v) is 6.37. The highest BCUT2D eigenvalue weighted by atomic mass is 32.2. The standard InChI is InChI=1S/C16H27N5OS2/c1-11(2)9-17-15-19-20-16(24-15)23-10-14(22)18-12-5-7-21(8-6-12)13-3-4-13/h11-13H,3-10H2,1-2H3,(H,17,19)(H,18,22). The van der Waals surface area contributed by atoms with Gasteiger partial charge in [0.15, 0.2) is 4.34 Å². The highest BCUT2D eigenvalue weighted by Crippen LogP contribution is 2.29. The molecular weight excluding hydrogens is 342 g/mol. The van der Waals surface area contributed by atoms with Crippen LogP contribution in [0.25, 0.3) is 0 Å². The van der Waals surface area contributed by atoms with Crippen LogP contribution in [-0.4, -0.2) is 58.5 Å². The minimum absolute atomic E-state index is 0.108. The van der Waals surface area contributed by atoms with Crippen molar-refractivity contribution in [3.8, 4) is 0 Å². The van der Waals surface area contributed by atoms with E-state index in [9.17, 15) is 4.79 Å². The molecule has 1 saturated carbocycles. The summed E-state index contributed by atoms with van der Waals surface area (Å²) in [6, 6.07) is 1.18. The van der Waals surface area contributed by atoms with Crippen molar-refractivity contribution in [2.75, 3.05) is 30.7 Å². The lowest BCUT2D eigenvalue weighted by atomic mass is 10.1. The van der Waals surface area contributed by atoms with Crippen molar-refractivity contribution >= 4 is 34.1 Å². The highest BCUT2D eigenvalue weighted by molar-refractivity contribution is 8.01. The Bertz CT molecular complexity index is 538. The van der Waals surface area contributed by atoms with Crippen LogP contribution in [-0.2, 0) is 4.79 Å². The number of hydrogen-bond acceptors (Lipinski definition) is 7. The van der Waals surface area contributed by atoms with Crippen molar-refractivity contribution in [3.05, 3.63) is 0 Å². The predicted molar refractivity (Wildman–Crippen MR) is 99.7 cm³/mol. The molecule has 0 unspecified atom stereocenters. The molecule has 1 aliphatic heterocycles. The lowest BCUT2D eigenvalue weighted by Gasteiger charge is -2.32. The molecular formula is C16H27N5OS2. The van der Waals surface area contributed by atoms with Gasteiger partial charge in [0.1, 0.15) is 0 Å². The molecule has 0 spiro atoms. The smallest absolute Gasteiger partial charge is 0.230 e. The maximum atomic E-state index is 12.1. The molecule has 2 N–H and O–H groups in total. The molecule has 2 heterocycles. The van der Waals surface area contributed by atoms with Crippen molar-refractivity contribution in [2.24, 2.45) is 5.92 Å². The molecule has 1 aliphatic carbocycles. The summed E-state index contributed by atoms with van der Waals surface area (Å²) in [5, 5.41) is 15.5. The number of carbonyl (C=O) groups excluding carboxylic acids is 1. The van der Waals surface area contributed by atoms with Gasteiger partial charge in [-0.1, -0.05) is 36.9 Å². The molecule has 1 amide bonds. The quantitative estimate of drug-likeness (QED) is 0.686. The van der Waals surface area contributed by atoms with Gasteiger partial charge in [-0.2, -0.15) is 0 Å². The first kappa shape index (κ1) is 17.9. The van der Waals surface area contributed by atoms with Crippen LogP contribution in [0.1, 0.15) is 39.5 Å². The van der Waals surface area contributed by atoms with Crippen molar-refractivity contribution in [2.45, 2.75) is 56.0 Å². The molecule has 6 nitrogen and oxygen atoms in total. The summed E-state index contributed by atoms with van der Waals surface area (Å²) in [6.07, 6.45) is 4.89. The second-order valence-electron chi connectivity index (χ2n) is 7.05. The molecule has 24 heavy (non-hydrogen) atoms. The normalized spacial score (nSPS) is 19.6. The van der Waals surface area contributed by atoms with E-state index >= 15 is 0 Å². The molecule has 1 aromatic heterocycles. The summed E-state index contributed by atoms with van der Waals surface area (Å²) < 4.78 is 0.847. The topological polar surface area (TPSA) is 70.1 Å². The second kappa shape index (κ2) is 8.49. The number of anilines is 1. The SMILES string of the molecule is CC(C)CNc1nnc(SCC(=O)NC2CCN(C3CC3)CC2)s1. The predicted octanol–water partition coefficient (Wildman–Crippen LogP) is 2.44. The average molecular weight is 370 g/mol.